The minimum absolute atomic E-state index is 0.311. The molecule has 0 bridgehead atoms. The summed E-state index contributed by atoms with van der Waals surface area (Å²) >= 11 is 0. The third kappa shape index (κ3) is 13.5. The largest absolute Gasteiger partial charge is 0.303 e. The SMILES string of the molecule is CCCCCCCCCN(CC(C)C/C=C\C(=O)CCCCC)CC1(C)CC1. The van der Waals surface area contributed by atoms with Crippen LogP contribution in [-0.2, 0) is 4.79 Å². The first-order valence-corrected chi connectivity index (χ1v) is 12.4. The van der Waals surface area contributed by atoms with Crippen molar-refractivity contribution >= 4 is 5.78 Å². The Labute approximate surface area is 176 Å². The van der Waals surface area contributed by atoms with E-state index in [1.54, 1.807) is 0 Å². The normalized spacial score (nSPS) is 16.8. The van der Waals surface area contributed by atoms with Crippen molar-refractivity contribution in [3.05, 3.63) is 12.2 Å². The first-order chi connectivity index (χ1) is 13.5. The van der Waals surface area contributed by atoms with Gasteiger partial charge in [0.05, 0.1) is 0 Å². The van der Waals surface area contributed by atoms with Gasteiger partial charge in [0.2, 0.25) is 0 Å². The lowest BCUT2D eigenvalue weighted by molar-refractivity contribution is -0.114. The van der Waals surface area contributed by atoms with E-state index in [1.165, 1.54) is 90.3 Å². The predicted molar refractivity (Wildman–Crippen MR) is 124 cm³/mol. The minimum atomic E-state index is 0.311. The summed E-state index contributed by atoms with van der Waals surface area (Å²) in [4.78, 5) is 14.6. The fourth-order valence-corrected chi connectivity index (χ4v) is 4.02. The molecule has 0 aromatic carbocycles. The second-order valence-corrected chi connectivity index (χ2v) is 9.83. The molecule has 2 heteroatoms. The maximum atomic E-state index is 11.9. The van der Waals surface area contributed by atoms with Gasteiger partial charge in [-0.1, -0.05) is 85.1 Å². The van der Waals surface area contributed by atoms with Gasteiger partial charge in [0.25, 0.3) is 0 Å². The van der Waals surface area contributed by atoms with Crippen LogP contribution in [0.4, 0.5) is 0 Å². The minimum Gasteiger partial charge on any atom is -0.303 e. The van der Waals surface area contributed by atoms with Crippen LogP contribution in [-0.4, -0.2) is 30.3 Å². The van der Waals surface area contributed by atoms with Crippen molar-refractivity contribution in [2.45, 2.75) is 118 Å². The van der Waals surface area contributed by atoms with E-state index in [2.05, 4.69) is 38.7 Å². The lowest BCUT2D eigenvalue weighted by Crippen LogP contribution is -2.34. The van der Waals surface area contributed by atoms with Gasteiger partial charge in [-0.3, -0.25) is 4.79 Å². The van der Waals surface area contributed by atoms with Crippen molar-refractivity contribution in [2.24, 2.45) is 11.3 Å². The van der Waals surface area contributed by atoms with E-state index in [0.29, 0.717) is 17.1 Å². The molecule has 1 aliphatic rings. The monoisotopic (exact) mass is 391 g/mol. The number of nitrogens with zero attached hydrogens (tertiary/aromatic N) is 1. The lowest BCUT2D eigenvalue weighted by atomic mass is 10.0. The Morgan fingerprint density at radius 1 is 0.964 bits per heavy atom. The van der Waals surface area contributed by atoms with Gasteiger partial charge in [0.1, 0.15) is 0 Å². The van der Waals surface area contributed by atoms with Gasteiger partial charge < -0.3 is 4.90 Å². The Bertz CT molecular complexity index is 424. The van der Waals surface area contributed by atoms with Gasteiger partial charge in [0, 0.05) is 19.5 Å². The van der Waals surface area contributed by atoms with Crippen molar-refractivity contribution in [3.8, 4) is 0 Å². The molecule has 1 saturated carbocycles. The summed E-state index contributed by atoms with van der Waals surface area (Å²) < 4.78 is 0. The molecule has 0 spiro atoms. The molecule has 0 heterocycles. The molecule has 0 aromatic rings. The van der Waals surface area contributed by atoms with Gasteiger partial charge in [-0.05, 0) is 56.1 Å². The fraction of sp³-hybridized carbons (Fsp3) is 0.885. The van der Waals surface area contributed by atoms with E-state index in [0.717, 1.165) is 19.3 Å². The molecule has 1 unspecified atom stereocenters. The van der Waals surface area contributed by atoms with Crippen LogP contribution in [0.1, 0.15) is 118 Å². The lowest BCUT2D eigenvalue weighted by Gasteiger charge is -2.28. The molecule has 0 saturated heterocycles. The smallest absolute Gasteiger partial charge is 0.155 e. The Hall–Kier alpha value is -0.630. The fourth-order valence-electron chi connectivity index (χ4n) is 4.02. The van der Waals surface area contributed by atoms with Crippen LogP contribution in [0.3, 0.4) is 0 Å². The van der Waals surface area contributed by atoms with Gasteiger partial charge >= 0.3 is 0 Å². The molecule has 0 aliphatic heterocycles. The molecule has 0 amide bonds. The molecule has 1 atom stereocenters. The molecular weight excluding hydrogens is 342 g/mol. The Kier molecular flexibility index (Phi) is 13.8. The Balaban J connectivity index is 2.26. The summed E-state index contributed by atoms with van der Waals surface area (Å²) in [6.07, 6.45) is 21.6. The van der Waals surface area contributed by atoms with Crippen molar-refractivity contribution in [1.82, 2.24) is 4.90 Å². The van der Waals surface area contributed by atoms with E-state index in [1.807, 2.05) is 6.08 Å². The van der Waals surface area contributed by atoms with Crippen molar-refractivity contribution in [1.29, 1.82) is 0 Å². The number of hydrogen-bond donors (Lipinski definition) is 0. The van der Waals surface area contributed by atoms with E-state index in [-0.39, 0.29) is 0 Å². The van der Waals surface area contributed by atoms with E-state index in [4.69, 9.17) is 0 Å². The maximum Gasteiger partial charge on any atom is 0.155 e. The Morgan fingerprint density at radius 2 is 1.57 bits per heavy atom. The van der Waals surface area contributed by atoms with Crippen LogP contribution < -0.4 is 0 Å². The average Bonchev–Trinajstić information content (AvgIpc) is 3.37. The Morgan fingerprint density at radius 3 is 2.21 bits per heavy atom. The number of carbonyl (C=O) groups is 1. The molecule has 1 rings (SSSR count). The van der Waals surface area contributed by atoms with Crippen LogP contribution in [0.5, 0.6) is 0 Å². The molecule has 1 aliphatic carbocycles. The highest BCUT2D eigenvalue weighted by atomic mass is 16.1. The van der Waals surface area contributed by atoms with Gasteiger partial charge in [-0.2, -0.15) is 0 Å². The summed E-state index contributed by atoms with van der Waals surface area (Å²) in [6.45, 7) is 13.0. The molecule has 2 nitrogen and oxygen atoms in total. The van der Waals surface area contributed by atoms with Crippen molar-refractivity contribution in [2.75, 3.05) is 19.6 Å². The highest BCUT2D eigenvalue weighted by Gasteiger charge is 2.38. The maximum absolute atomic E-state index is 11.9. The van der Waals surface area contributed by atoms with E-state index >= 15 is 0 Å². The van der Waals surface area contributed by atoms with E-state index < -0.39 is 0 Å². The number of ketones is 1. The predicted octanol–water partition coefficient (Wildman–Crippen LogP) is 7.57. The molecule has 0 radical (unpaired) electrons. The number of rotatable bonds is 19. The topological polar surface area (TPSA) is 20.3 Å². The summed E-state index contributed by atoms with van der Waals surface area (Å²) in [5.74, 6) is 0.942. The third-order valence-corrected chi connectivity index (χ3v) is 6.23. The molecule has 0 aromatic heterocycles. The third-order valence-electron chi connectivity index (χ3n) is 6.23. The molecule has 0 N–H and O–H groups in total. The molecule has 164 valence electrons. The van der Waals surface area contributed by atoms with Crippen LogP contribution in [0, 0.1) is 11.3 Å². The number of carbonyl (C=O) groups excluding carboxylic acids is 1. The highest BCUT2D eigenvalue weighted by Crippen LogP contribution is 2.45. The number of unbranched alkanes of at least 4 members (excludes halogenated alkanes) is 8. The summed E-state index contributed by atoms with van der Waals surface area (Å²) in [5, 5.41) is 0. The zero-order valence-corrected chi connectivity index (χ0v) is 19.6. The van der Waals surface area contributed by atoms with Crippen LogP contribution in [0.25, 0.3) is 0 Å². The first kappa shape index (κ1) is 25.4. The number of hydrogen-bond acceptors (Lipinski definition) is 2. The van der Waals surface area contributed by atoms with Crippen molar-refractivity contribution in [3.63, 3.8) is 0 Å². The summed E-state index contributed by atoms with van der Waals surface area (Å²) in [5.41, 5.74) is 0.589. The standard InChI is InChI=1S/C26H49NO/c1-5-7-9-10-11-12-14-21-27(23-26(4)19-20-26)22-24(3)16-15-18-25(28)17-13-8-6-2/h15,18,24H,5-14,16-17,19-23H2,1-4H3/b18-15-. The average molecular weight is 392 g/mol. The first-order valence-electron chi connectivity index (χ1n) is 12.4. The molecule has 28 heavy (non-hydrogen) atoms. The van der Waals surface area contributed by atoms with Crippen LogP contribution in [0.15, 0.2) is 12.2 Å². The van der Waals surface area contributed by atoms with Crippen molar-refractivity contribution < 1.29 is 4.79 Å². The second-order valence-electron chi connectivity index (χ2n) is 9.83. The van der Waals surface area contributed by atoms with Gasteiger partial charge in [0.15, 0.2) is 5.78 Å². The van der Waals surface area contributed by atoms with Crippen LogP contribution in [0.2, 0.25) is 0 Å². The zero-order chi connectivity index (χ0) is 20.7. The second kappa shape index (κ2) is 15.2. The van der Waals surface area contributed by atoms with E-state index in [9.17, 15) is 4.79 Å². The summed E-state index contributed by atoms with van der Waals surface area (Å²) in [6, 6.07) is 0. The quantitative estimate of drug-likeness (QED) is 0.167. The highest BCUT2D eigenvalue weighted by molar-refractivity contribution is 5.89. The zero-order valence-electron chi connectivity index (χ0n) is 19.6. The van der Waals surface area contributed by atoms with Gasteiger partial charge in [-0.15, -0.1) is 0 Å². The number of allylic oxidation sites excluding steroid dienone is 2. The molecule has 1 fully saturated rings. The summed E-state index contributed by atoms with van der Waals surface area (Å²) in [7, 11) is 0. The van der Waals surface area contributed by atoms with Crippen LogP contribution >= 0.6 is 0 Å². The van der Waals surface area contributed by atoms with Gasteiger partial charge in [-0.25, -0.2) is 0 Å². The molecular formula is C26H49NO.